The Hall–Kier alpha value is -2.64. The SMILES string of the molecule is Cl.O=CCC(c1ccc2c(c1)OCCO2)N1CCC(c2ccc([N+](=O)[O-])cc2)C1. The van der Waals surface area contributed by atoms with Crippen LogP contribution in [0.15, 0.2) is 42.5 Å². The van der Waals surface area contributed by atoms with Gasteiger partial charge in [0.2, 0.25) is 0 Å². The Labute approximate surface area is 175 Å². The number of ether oxygens (including phenoxy) is 2. The molecule has 2 aliphatic rings. The summed E-state index contributed by atoms with van der Waals surface area (Å²) in [6.07, 6.45) is 2.32. The van der Waals surface area contributed by atoms with E-state index >= 15 is 0 Å². The van der Waals surface area contributed by atoms with Crippen molar-refractivity contribution >= 4 is 24.4 Å². The van der Waals surface area contributed by atoms with Gasteiger partial charge >= 0.3 is 0 Å². The van der Waals surface area contributed by atoms with Gasteiger partial charge in [-0.2, -0.15) is 0 Å². The van der Waals surface area contributed by atoms with E-state index in [1.807, 2.05) is 30.3 Å². The third-order valence-corrected chi connectivity index (χ3v) is 5.51. The quantitative estimate of drug-likeness (QED) is 0.402. The zero-order valence-corrected chi connectivity index (χ0v) is 16.7. The van der Waals surface area contributed by atoms with Crippen molar-refractivity contribution in [1.29, 1.82) is 0 Å². The molecule has 29 heavy (non-hydrogen) atoms. The zero-order chi connectivity index (χ0) is 19.5. The Morgan fingerprint density at radius 1 is 1.14 bits per heavy atom. The van der Waals surface area contributed by atoms with Gasteiger partial charge in [-0.05, 0) is 42.1 Å². The Bertz CT molecular complexity index is 874. The number of hydrogen-bond donors (Lipinski definition) is 0. The third kappa shape index (κ3) is 4.52. The lowest BCUT2D eigenvalue weighted by atomic mass is 9.98. The van der Waals surface area contributed by atoms with Gasteiger partial charge in [0.1, 0.15) is 19.5 Å². The molecule has 0 spiro atoms. The van der Waals surface area contributed by atoms with Crippen molar-refractivity contribution in [2.75, 3.05) is 26.3 Å². The number of carbonyl (C=O) groups is 1. The summed E-state index contributed by atoms with van der Waals surface area (Å²) in [4.78, 5) is 24.1. The molecule has 2 aromatic carbocycles. The van der Waals surface area contributed by atoms with Gasteiger partial charge in [-0.1, -0.05) is 18.2 Å². The van der Waals surface area contributed by atoms with Gasteiger partial charge in [-0.15, -0.1) is 12.4 Å². The number of fused-ring (bicyclic) bond motifs is 1. The van der Waals surface area contributed by atoms with Crippen molar-refractivity contribution < 1.29 is 19.2 Å². The molecular formula is C21H23ClN2O5. The maximum absolute atomic E-state index is 11.3. The highest BCUT2D eigenvalue weighted by molar-refractivity contribution is 5.85. The minimum atomic E-state index is -0.382. The number of likely N-dealkylation sites (tertiary alicyclic amines) is 1. The maximum Gasteiger partial charge on any atom is 0.269 e. The van der Waals surface area contributed by atoms with Crippen molar-refractivity contribution in [2.24, 2.45) is 0 Å². The number of non-ortho nitro benzene ring substituents is 1. The van der Waals surface area contributed by atoms with Crippen LogP contribution < -0.4 is 9.47 Å². The highest BCUT2D eigenvalue weighted by Crippen LogP contribution is 2.38. The van der Waals surface area contributed by atoms with E-state index in [0.717, 1.165) is 48.4 Å². The number of hydrogen-bond acceptors (Lipinski definition) is 6. The molecule has 2 aromatic rings. The fraction of sp³-hybridized carbons (Fsp3) is 0.381. The van der Waals surface area contributed by atoms with Gasteiger partial charge in [0, 0.05) is 31.1 Å². The summed E-state index contributed by atoms with van der Waals surface area (Å²) in [5, 5.41) is 10.9. The van der Waals surface area contributed by atoms with E-state index in [0.29, 0.717) is 25.6 Å². The van der Waals surface area contributed by atoms with Gasteiger partial charge in [0.15, 0.2) is 11.5 Å². The molecule has 1 saturated heterocycles. The Morgan fingerprint density at radius 3 is 2.55 bits per heavy atom. The molecule has 0 bridgehead atoms. The topological polar surface area (TPSA) is 81.9 Å². The van der Waals surface area contributed by atoms with Gasteiger partial charge in [-0.3, -0.25) is 15.0 Å². The number of aldehydes is 1. The maximum atomic E-state index is 11.3. The van der Waals surface area contributed by atoms with E-state index in [1.54, 1.807) is 12.1 Å². The lowest BCUT2D eigenvalue weighted by molar-refractivity contribution is -0.384. The van der Waals surface area contributed by atoms with Crippen LogP contribution in [0.3, 0.4) is 0 Å². The molecule has 0 saturated carbocycles. The van der Waals surface area contributed by atoms with E-state index in [2.05, 4.69) is 4.90 Å². The molecule has 1 fully saturated rings. The summed E-state index contributed by atoms with van der Waals surface area (Å²) in [5.74, 6) is 1.77. The molecule has 0 radical (unpaired) electrons. The van der Waals surface area contributed by atoms with Crippen LogP contribution in [0.2, 0.25) is 0 Å². The third-order valence-electron chi connectivity index (χ3n) is 5.51. The second-order valence-corrected chi connectivity index (χ2v) is 7.15. The van der Waals surface area contributed by atoms with Gasteiger partial charge < -0.3 is 14.3 Å². The minimum Gasteiger partial charge on any atom is -0.486 e. The molecule has 7 nitrogen and oxygen atoms in total. The predicted molar refractivity (Wildman–Crippen MR) is 110 cm³/mol. The van der Waals surface area contributed by atoms with E-state index in [-0.39, 0.29) is 29.1 Å². The number of nitrogens with zero attached hydrogens (tertiary/aromatic N) is 2. The van der Waals surface area contributed by atoms with E-state index in [9.17, 15) is 14.9 Å². The van der Waals surface area contributed by atoms with Crippen LogP contribution >= 0.6 is 12.4 Å². The molecule has 2 unspecified atom stereocenters. The van der Waals surface area contributed by atoms with Gasteiger partial charge in [0.25, 0.3) is 5.69 Å². The van der Waals surface area contributed by atoms with Crippen molar-refractivity contribution in [3.8, 4) is 11.5 Å². The first-order valence-corrected chi connectivity index (χ1v) is 9.47. The molecule has 154 valence electrons. The number of halogens is 1. The Balaban J connectivity index is 0.00000240. The van der Waals surface area contributed by atoms with Crippen molar-refractivity contribution in [3.05, 3.63) is 63.7 Å². The Kier molecular flexibility index (Phi) is 6.71. The summed E-state index contributed by atoms with van der Waals surface area (Å²) in [5.41, 5.74) is 2.24. The number of nitro benzene ring substituents is 1. The zero-order valence-electron chi connectivity index (χ0n) is 15.9. The molecule has 8 heteroatoms. The summed E-state index contributed by atoms with van der Waals surface area (Å²) < 4.78 is 11.3. The summed E-state index contributed by atoms with van der Waals surface area (Å²) >= 11 is 0. The lowest BCUT2D eigenvalue weighted by Crippen LogP contribution is -2.27. The first-order valence-electron chi connectivity index (χ1n) is 9.47. The minimum absolute atomic E-state index is 0. The fourth-order valence-corrected chi connectivity index (χ4v) is 4.07. The fourth-order valence-electron chi connectivity index (χ4n) is 4.07. The van der Waals surface area contributed by atoms with Crippen LogP contribution in [0.5, 0.6) is 11.5 Å². The van der Waals surface area contributed by atoms with Crippen molar-refractivity contribution in [1.82, 2.24) is 4.90 Å². The smallest absolute Gasteiger partial charge is 0.269 e. The molecule has 0 aromatic heterocycles. The molecule has 2 aliphatic heterocycles. The van der Waals surface area contributed by atoms with Crippen LogP contribution in [0.1, 0.15) is 35.9 Å². The monoisotopic (exact) mass is 418 g/mol. The number of nitro groups is 1. The number of carbonyl (C=O) groups excluding carboxylic acids is 1. The molecule has 0 N–H and O–H groups in total. The molecular weight excluding hydrogens is 396 g/mol. The molecule has 2 heterocycles. The first kappa shape index (κ1) is 21.1. The molecule has 2 atom stereocenters. The van der Waals surface area contributed by atoms with Gasteiger partial charge in [-0.25, -0.2) is 0 Å². The molecule has 0 amide bonds. The predicted octanol–water partition coefficient (Wildman–Crippen LogP) is 3.91. The Morgan fingerprint density at radius 2 is 1.86 bits per heavy atom. The first-order chi connectivity index (χ1) is 13.7. The standard InChI is InChI=1S/C21H22N2O5.ClH/c24-10-8-19(16-3-6-20-21(13-16)28-12-11-27-20)22-9-7-17(14-22)15-1-4-18(5-2-15)23(25)26;/h1-6,10,13,17,19H,7-9,11-12,14H2;1H. The van der Waals surface area contributed by atoms with E-state index < -0.39 is 0 Å². The molecule has 0 aliphatic carbocycles. The van der Waals surface area contributed by atoms with Crippen molar-refractivity contribution in [3.63, 3.8) is 0 Å². The lowest BCUT2D eigenvalue weighted by Gasteiger charge is -2.28. The average molecular weight is 419 g/mol. The normalized spacial score (nSPS) is 19.2. The highest BCUT2D eigenvalue weighted by atomic mass is 35.5. The van der Waals surface area contributed by atoms with Crippen LogP contribution in [0.4, 0.5) is 5.69 Å². The van der Waals surface area contributed by atoms with E-state index in [1.165, 1.54) is 0 Å². The second kappa shape index (κ2) is 9.24. The molecule has 4 rings (SSSR count). The summed E-state index contributed by atoms with van der Waals surface area (Å²) in [6, 6.07) is 12.7. The number of rotatable bonds is 6. The number of benzene rings is 2. The summed E-state index contributed by atoms with van der Waals surface area (Å²) in [7, 11) is 0. The average Bonchev–Trinajstić information content (AvgIpc) is 3.21. The summed E-state index contributed by atoms with van der Waals surface area (Å²) in [6.45, 7) is 2.76. The van der Waals surface area contributed by atoms with Crippen LogP contribution in [-0.4, -0.2) is 42.4 Å². The van der Waals surface area contributed by atoms with Crippen LogP contribution in [0, 0.1) is 10.1 Å². The largest absolute Gasteiger partial charge is 0.486 e. The van der Waals surface area contributed by atoms with Crippen LogP contribution in [0.25, 0.3) is 0 Å². The van der Waals surface area contributed by atoms with Crippen LogP contribution in [-0.2, 0) is 4.79 Å². The highest BCUT2D eigenvalue weighted by Gasteiger charge is 2.30. The van der Waals surface area contributed by atoms with Gasteiger partial charge in [0.05, 0.1) is 4.92 Å². The second-order valence-electron chi connectivity index (χ2n) is 7.15. The van der Waals surface area contributed by atoms with Crippen molar-refractivity contribution in [2.45, 2.75) is 24.8 Å². The van der Waals surface area contributed by atoms with E-state index in [4.69, 9.17) is 9.47 Å².